The van der Waals surface area contributed by atoms with Crippen molar-refractivity contribution in [3.05, 3.63) is 18.2 Å². The number of benzene rings is 1. The lowest BCUT2D eigenvalue weighted by atomic mass is 10.3. The Morgan fingerprint density at radius 1 is 1.20 bits per heavy atom. The molecule has 10 heteroatoms. The highest BCUT2D eigenvalue weighted by Crippen LogP contribution is 2.27. The Labute approximate surface area is 118 Å². The Bertz CT molecular complexity index is 683. The largest absolute Gasteiger partial charge is 0.495 e. The van der Waals surface area contributed by atoms with Crippen molar-refractivity contribution in [1.82, 2.24) is 4.72 Å². The van der Waals surface area contributed by atoms with E-state index in [1.54, 1.807) is 13.8 Å². The summed E-state index contributed by atoms with van der Waals surface area (Å²) in [6, 6.07) is 3.31. The van der Waals surface area contributed by atoms with Gasteiger partial charge in [0.25, 0.3) is 10.2 Å². The number of ether oxygens (including phenoxy) is 1. The van der Waals surface area contributed by atoms with Crippen LogP contribution in [-0.2, 0) is 20.2 Å². The smallest absolute Gasteiger partial charge is 0.299 e. The van der Waals surface area contributed by atoms with Gasteiger partial charge in [0, 0.05) is 6.04 Å². The zero-order valence-corrected chi connectivity index (χ0v) is 12.9. The summed E-state index contributed by atoms with van der Waals surface area (Å²) in [5.74, 6) is 0.173. The Morgan fingerprint density at radius 3 is 2.25 bits per heavy atom. The Balaban J connectivity index is 3.22. The van der Waals surface area contributed by atoms with Gasteiger partial charge in [-0.1, -0.05) is 0 Å². The highest BCUT2D eigenvalue weighted by molar-refractivity contribution is 7.90. The van der Waals surface area contributed by atoms with Crippen molar-refractivity contribution < 1.29 is 21.6 Å². The minimum absolute atomic E-state index is 0.0211. The van der Waals surface area contributed by atoms with Gasteiger partial charge in [-0.3, -0.25) is 4.72 Å². The maximum atomic E-state index is 11.8. The van der Waals surface area contributed by atoms with Crippen LogP contribution in [0, 0.1) is 0 Å². The topological polar surface area (TPSA) is 128 Å². The summed E-state index contributed by atoms with van der Waals surface area (Å²) in [5, 5.41) is 5.00. The lowest BCUT2D eigenvalue weighted by molar-refractivity contribution is 0.416. The van der Waals surface area contributed by atoms with E-state index in [1.165, 1.54) is 19.2 Å². The molecule has 0 bridgehead atoms. The summed E-state index contributed by atoms with van der Waals surface area (Å²) in [5.41, 5.74) is -0.0211. The first-order valence-electron chi connectivity index (χ1n) is 5.56. The van der Waals surface area contributed by atoms with Gasteiger partial charge in [0.05, 0.1) is 17.7 Å². The number of sulfonamides is 1. The lowest BCUT2D eigenvalue weighted by Crippen LogP contribution is -2.35. The van der Waals surface area contributed by atoms with Crippen molar-refractivity contribution in [2.24, 2.45) is 5.14 Å². The summed E-state index contributed by atoms with van der Waals surface area (Å²) in [7, 11) is -6.45. The molecule has 0 aromatic heterocycles. The number of rotatable bonds is 6. The van der Waals surface area contributed by atoms with E-state index in [2.05, 4.69) is 9.44 Å². The van der Waals surface area contributed by atoms with E-state index < -0.39 is 20.2 Å². The van der Waals surface area contributed by atoms with Gasteiger partial charge in [0.15, 0.2) is 0 Å². The van der Waals surface area contributed by atoms with Gasteiger partial charge in [-0.25, -0.2) is 13.6 Å². The minimum Gasteiger partial charge on any atom is -0.495 e. The molecule has 0 aliphatic heterocycles. The fraction of sp³-hybridized carbons (Fsp3) is 0.400. The van der Waals surface area contributed by atoms with Crippen LogP contribution >= 0.6 is 0 Å². The molecule has 1 aromatic rings. The molecule has 20 heavy (non-hydrogen) atoms. The van der Waals surface area contributed by atoms with E-state index in [0.29, 0.717) is 0 Å². The monoisotopic (exact) mass is 323 g/mol. The second kappa shape index (κ2) is 5.95. The fourth-order valence-electron chi connectivity index (χ4n) is 1.43. The summed E-state index contributed by atoms with van der Waals surface area (Å²) in [6.45, 7) is 3.30. The van der Waals surface area contributed by atoms with Crippen LogP contribution in [0.3, 0.4) is 0 Å². The van der Waals surface area contributed by atoms with Crippen LogP contribution in [0.25, 0.3) is 0 Å². The van der Waals surface area contributed by atoms with Crippen LogP contribution in [0.2, 0.25) is 0 Å². The highest BCUT2D eigenvalue weighted by atomic mass is 32.2. The minimum atomic E-state index is -3.94. The summed E-state index contributed by atoms with van der Waals surface area (Å²) < 4.78 is 55.6. The average molecular weight is 323 g/mol. The average Bonchev–Trinajstić information content (AvgIpc) is 2.25. The first-order valence-corrected chi connectivity index (χ1v) is 8.59. The first kappa shape index (κ1) is 16.7. The van der Waals surface area contributed by atoms with Gasteiger partial charge in [-0.2, -0.15) is 13.1 Å². The molecular formula is C10H17N3O5S2. The fourth-order valence-corrected chi connectivity index (χ4v) is 3.10. The second-order valence-corrected chi connectivity index (χ2v) is 7.29. The standard InChI is InChI=1S/C10H17N3O5S2/c1-7(2)12-20(16,17)13-9-6-8(19(11,14)15)4-5-10(9)18-3/h4-7,12-13H,1-3H3,(H2,11,14,15). The molecule has 0 aliphatic carbocycles. The molecule has 8 nitrogen and oxygen atoms in total. The lowest BCUT2D eigenvalue weighted by Gasteiger charge is -2.14. The molecule has 0 heterocycles. The Hall–Kier alpha value is -1.36. The van der Waals surface area contributed by atoms with Crippen molar-refractivity contribution in [1.29, 1.82) is 0 Å². The number of nitrogens with two attached hydrogens (primary N) is 1. The second-order valence-electron chi connectivity index (χ2n) is 4.29. The molecule has 0 atom stereocenters. The predicted molar refractivity (Wildman–Crippen MR) is 75.2 cm³/mol. The van der Waals surface area contributed by atoms with Gasteiger partial charge >= 0.3 is 0 Å². The SMILES string of the molecule is COc1ccc(S(N)(=O)=O)cc1NS(=O)(=O)NC(C)C. The zero-order chi connectivity index (χ0) is 15.6. The Morgan fingerprint density at radius 2 is 1.80 bits per heavy atom. The third kappa shape index (κ3) is 4.63. The molecule has 4 N–H and O–H groups in total. The van der Waals surface area contributed by atoms with Crippen LogP contribution in [0.15, 0.2) is 23.1 Å². The molecule has 0 spiro atoms. The van der Waals surface area contributed by atoms with E-state index in [9.17, 15) is 16.8 Å². The predicted octanol–water partition coefficient (Wildman–Crippen LogP) is -0.00270. The number of primary sulfonamides is 1. The summed E-state index contributed by atoms with van der Waals surface area (Å²) in [4.78, 5) is -0.222. The van der Waals surface area contributed by atoms with Crippen LogP contribution in [0.1, 0.15) is 13.8 Å². The maximum Gasteiger partial charge on any atom is 0.299 e. The van der Waals surface area contributed by atoms with Crippen LogP contribution in [-0.4, -0.2) is 30.0 Å². The number of nitrogens with one attached hydrogen (secondary N) is 2. The molecular weight excluding hydrogens is 306 g/mol. The van der Waals surface area contributed by atoms with Crippen molar-refractivity contribution in [2.75, 3.05) is 11.8 Å². The number of methoxy groups -OCH3 is 1. The molecule has 1 aromatic carbocycles. The van der Waals surface area contributed by atoms with Gasteiger partial charge in [-0.15, -0.1) is 0 Å². The van der Waals surface area contributed by atoms with Gasteiger partial charge in [-0.05, 0) is 32.0 Å². The first-order chi connectivity index (χ1) is 9.05. The zero-order valence-electron chi connectivity index (χ0n) is 11.2. The third-order valence-electron chi connectivity index (χ3n) is 2.13. The van der Waals surface area contributed by atoms with Crippen LogP contribution in [0.5, 0.6) is 5.75 Å². The van der Waals surface area contributed by atoms with Crippen LogP contribution < -0.4 is 19.3 Å². The molecule has 0 unspecified atom stereocenters. The highest BCUT2D eigenvalue weighted by Gasteiger charge is 2.17. The molecule has 0 radical (unpaired) electrons. The van der Waals surface area contributed by atoms with Gasteiger partial charge in [0.2, 0.25) is 10.0 Å². The van der Waals surface area contributed by atoms with E-state index >= 15 is 0 Å². The Kier molecular flexibility index (Phi) is 4.97. The van der Waals surface area contributed by atoms with Crippen molar-refractivity contribution in [2.45, 2.75) is 24.8 Å². The van der Waals surface area contributed by atoms with Crippen molar-refractivity contribution in [3.63, 3.8) is 0 Å². The van der Waals surface area contributed by atoms with Gasteiger partial charge in [0.1, 0.15) is 5.75 Å². The molecule has 0 amide bonds. The molecule has 0 aliphatic rings. The quantitative estimate of drug-likeness (QED) is 0.679. The van der Waals surface area contributed by atoms with E-state index in [4.69, 9.17) is 9.88 Å². The van der Waals surface area contributed by atoms with E-state index in [0.717, 1.165) is 6.07 Å². The molecule has 0 saturated carbocycles. The number of hydrogen-bond donors (Lipinski definition) is 3. The normalized spacial score (nSPS) is 12.4. The van der Waals surface area contributed by atoms with Crippen molar-refractivity contribution >= 4 is 25.9 Å². The maximum absolute atomic E-state index is 11.8. The number of hydrogen-bond acceptors (Lipinski definition) is 5. The molecule has 114 valence electrons. The summed E-state index contributed by atoms with van der Waals surface area (Å²) >= 11 is 0. The van der Waals surface area contributed by atoms with E-state index in [-0.39, 0.29) is 22.4 Å². The van der Waals surface area contributed by atoms with Crippen LogP contribution in [0.4, 0.5) is 5.69 Å². The molecule has 0 fully saturated rings. The number of anilines is 1. The summed E-state index contributed by atoms with van der Waals surface area (Å²) in [6.07, 6.45) is 0. The van der Waals surface area contributed by atoms with E-state index in [1.807, 2.05) is 0 Å². The molecule has 1 rings (SSSR count). The molecule has 0 saturated heterocycles. The van der Waals surface area contributed by atoms with Gasteiger partial charge < -0.3 is 4.74 Å². The third-order valence-corrected chi connectivity index (χ3v) is 4.32. The van der Waals surface area contributed by atoms with Crippen molar-refractivity contribution in [3.8, 4) is 5.75 Å².